The molecule has 1 aromatic heterocycles. The second-order valence-electron chi connectivity index (χ2n) is 5.08. The Morgan fingerprint density at radius 1 is 0.958 bits per heavy atom. The van der Waals surface area contributed by atoms with Gasteiger partial charge in [0.05, 0.1) is 0 Å². The summed E-state index contributed by atoms with van der Waals surface area (Å²) in [6, 6.07) is 13.1. The highest BCUT2D eigenvalue weighted by atomic mass is 35.5. The third-order valence-electron chi connectivity index (χ3n) is 3.51. The van der Waals surface area contributed by atoms with Crippen LogP contribution in [-0.2, 0) is 12.3 Å². The summed E-state index contributed by atoms with van der Waals surface area (Å²) < 4.78 is 2.08. The van der Waals surface area contributed by atoms with Crippen molar-refractivity contribution in [3.05, 3.63) is 63.1 Å². The Labute approximate surface area is 160 Å². The van der Waals surface area contributed by atoms with E-state index in [4.69, 9.17) is 34.8 Å². The first kappa shape index (κ1) is 17.6. The summed E-state index contributed by atoms with van der Waals surface area (Å²) in [6.45, 7) is 2.85. The molecule has 0 unspecified atom stereocenters. The third-order valence-corrected chi connectivity index (χ3v) is 5.36. The van der Waals surface area contributed by atoms with Crippen LogP contribution in [0.2, 0.25) is 15.1 Å². The summed E-state index contributed by atoms with van der Waals surface area (Å²) in [7, 11) is 0. The van der Waals surface area contributed by atoms with Crippen molar-refractivity contribution in [1.29, 1.82) is 0 Å². The molecule has 0 amide bonds. The molecule has 0 aliphatic rings. The van der Waals surface area contributed by atoms with Crippen molar-refractivity contribution in [2.45, 2.75) is 24.4 Å². The second kappa shape index (κ2) is 7.79. The van der Waals surface area contributed by atoms with Gasteiger partial charge in [-0.25, -0.2) is 0 Å². The summed E-state index contributed by atoms with van der Waals surface area (Å²) >= 11 is 19.7. The van der Waals surface area contributed by atoms with E-state index in [1.807, 2.05) is 36.4 Å². The van der Waals surface area contributed by atoms with Gasteiger partial charge in [0.25, 0.3) is 0 Å². The lowest BCUT2D eigenvalue weighted by atomic mass is 10.2. The summed E-state index contributed by atoms with van der Waals surface area (Å²) in [6.07, 6.45) is 0. The first-order valence-corrected chi connectivity index (χ1v) is 9.46. The van der Waals surface area contributed by atoms with Gasteiger partial charge >= 0.3 is 0 Å². The van der Waals surface area contributed by atoms with Crippen LogP contribution in [0, 0.1) is 0 Å². The number of halogens is 3. The minimum atomic E-state index is 0.635. The smallest absolute Gasteiger partial charge is 0.191 e. The van der Waals surface area contributed by atoms with Gasteiger partial charge < -0.3 is 4.57 Å². The van der Waals surface area contributed by atoms with Gasteiger partial charge in [-0.1, -0.05) is 52.6 Å². The van der Waals surface area contributed by atoms with Gasteiger partial charge in [0.1, 0.15) is 0 Å². The fourth-order valence-electron chi connectivity index (χ4n) is 2.27. The highest BCUT2D eigenvalue weighted by molar-refractivity contribution is 7.98. The van der Waals surface area contributed by atoms with E-state index >= 15 is 0 Å². The fraction of sp³-hybridized carbons (Fsp3) is 0.176. The average molecular weight is 399 g/mol. The Bertz CT molecular complexity index is 847. The quantitative estimate of drug-likeness (QED) is 0.478. The first-order chi connectivity index (χ1) is 11.6. The first-order valence-electron chi connectivity index (χ1n) is 7.34. The maximum atomic E-state index is 6.23. The van der Waals surface area contributed by atoms with E-state index in [2.05, 4.69) is 21.7 Å². The Morgan fingerprint density at radius 2 is 1.67 bits per heavy atom. The lowest BCUT2D eigenvalue weighted by Gasteiger charge is -2.08. The molecule has 3 aromatic rings. The van der Waals surface area contributed by atoms with Gasteiger partial charge in [-0.15, -0.1) is 10.2 Å². The molecule has 7 heteroatoms. The van der Waals surface area contributed by atoms with E-state index in [9.17, 15) is 0 Å². The lowest BCUT2D eigenvalue weighted by molar-refractivity contribution is 0.687. The highest BCUT2D eigenvalue weighted by Crippen LogP contribution is 2.30. The highest BCUT2D eigenvalue weighted by Gasteiger charge is 2.14. The Kier molecular flexibility index (Phi) is 5.72. The SMILES string of the molecule is CCn1c(SCc2ccc(Cl)cc2Cl)nnc1-c1ccc(Cl)cc1. The normalized spacial score (nSPS) is 11.0. The van der Waals surface area contributed by atoms with Crippen LogP contribution in [0.3, 0.4) is 0 Å². The summed E-state index contributed by atoms with van der Waals surface area (Å²) in [5.41, 5.74) is 2.01. The molecule has 3 rings (SSSR count). The van der Waals surface area contributed by atoms with Gasteiger partial charge in [-0.3, -0.25) is 0 Å². The van der Waals surface area contributed by atoms with Gasteiger partial charge in [0.2, 0.25) is 0 Å². The number of nitrogens with zero attached hydrogens (tertiary/aromatic N) is 3. The number of aromatic nitrogens is 3. The Morgan fingerprint density at radius 3 is 2.33 bits per heavy atom. The predicted octanol–water partition coefficient (Wildman–Crippen LogP) is 6.22. The summed E-state index contributed by atoms with van der Waals surface area (Å²) in [5, 5.41) is 11.5. The van der Waals surface area contributed by atoms with Crippen molar-refractivity contribution in [3.63, 3.8) is 0 Å². The van der Waals surface area contributed by atoms with E-state index in [-0.39, 0.29) is 0 Å². The van der Waals surface area contributed by atoms with Crippen LogP contribution in [0.25, 0.3) is 11.4 Å². The Balaban J connectivity index is 1.83. The molecular formula is C17H14Cl3N3S. The molecule has 0 N–H and O–H groups in total. The van der Waals surface area contributed by atoms with Gasteiger partial charge in [0, 0.05) is 32.9 Å². The van der Waals surface area contributed by atoms with Crippen molar-refractivity contribution in [2.75, 3.05) is 0 Å². The van der Waals surface area contributed by atoms with Crippen LogP contribution in [0.15, 0.2) is 47.6 Å². The van der Waals surface area contributed by atoms with E-state index in [1.165, 1.54) is 0 Å². The van der Waals surface area contributed by atoms with Gasteiger partial charge in [-0.05, 0) is 48.9 Å². The topological polar surface area (TPSA) is 30.7 Å². The van der Waals surface area contributed by atoms with Gasteiger partial charge in [-0.2, -0.15) is 0 Å². The van der Waals surface area contributed by atoms with Crippen molar-refractivity contribution in [3.8, 4) is 11.4 Å². The molecule has 0 radical (unpaired) electrons. The maximum absolute atomic E-state index is 6.23. The molecule has 0 fully saturated rings. The van der Waals surface area contributed by atoms with Crippen molar-refractivity contribution in [1.82, 2.24) is 14.8 Å². The van der Waals surface area contributed by atoms with Crippen molar-refractivity contribution >= 4 is 46.6 Å². The van der Waals surface area contributed by atoms with Crippen LogP contribution in [-0.4, -0.2) is 14.8 Å². The Hall–Kier alpha value is -1.20. The molecule has 2 aromatic carbocycles. The monoisotopic (exact) mass is 397 g/mol. The zero-order valence-corrected chi connectivity index (χ0v) is 15.9. The summed E-state index contributed by atoms with van der Waals surface area (Å²) in [5.74, 6) is 1.54. The molecule has 0 bridgehead atoms. The third kappa shape index (κ3) is 3.89. The molecule has 0 aliphatic heterocycles. The number of benzene rings is 2. The number of hydrogen-bond donors (Lipinski definition) is 0. The number of rotatable bonds is 5. The van der Waals surface area contributed by atoms with Crippen molar-refractivity contribution < 1.29 is 0 Å². The second-order valence-corrected chi connectivity index (χ2v) is 7.30. The molecule has 124 valence electrons. The largest absolute Gasteiger partial charge is 0.302 e. The molecule has 3 nitrogen and oxygen atoms in total. The standard InChI is InChI=1S/C17H14Cl3N3S/c1-2-23-16(11-3-6-13(18)7-4-11)21-22-17(23)24-10-12-5-8-14(19)9-15(12)20/h3-9H,2,10H2,1H3. The van der Waals surface area contributed by atoms with E-state index in [0.29, 0.717) is 20.8 Å². The molecule has 0 spiro atoms. The van der Waals surface area contributed by atoms with Gasteiger partial charge in [0.15, 0.2) is 11.0 Å². The number of thioether (sulfide) groups is 1. The zero-order chi connectivity index (χ0) is 17.1. The van der Waals surface area contributed by atoms with Crippen LogP contribution in [0.5, 0.6) is 0 Å². The van der Waals surface area contributed by atoms with Crippen LogP contribution in [0.1, 0.15) is 12.5 Å². The molecule has 0 saturated carbocycles. The number of hydrogen-bond acceptors (Lipinski definition) is 3. The summed E-state index contributed by atoms with van der Waals surface area (Å²) in [4.78, 5) is 0. The fourth-order valence-corrected chi connectivity index (χ4v) is 3.96. The molecule has 1 heterocycles. The maximum Gasteiger partial charge on any atom is 0.191 e. The minimum absolute atomic E-state index is 0.635. The van der Waals surface area contributed by atoms with Crippen LogP contribution >= 0.6 is 46.6 Å². The zero-order valence-electron chi connectivity index (χ0n) is 12.8. The average Bonchev–Trinajstić information content (AvgIpc) is 2.97. The van der Waals surface area contributed by atoms with E-state index < -0.39 is 0 Å². The lowest BCUT2D eigenvalue weighted by Crippen LogP contribution is -2.00. The van der Waals surface area contributed by atoms with E-state index in [0.717, 1.165) is 28.7 Å². The molecule has 0 atom stereocenters. The predicted molar refractivity (Wildman–Crippen MR) is 102 cm³/mol. The molecule has 0 saturated heterocycles. The van der Waals surface area contributed by atoms with Crippen LogP contribution < -0.4 is 0 Å². The molecular weight excluding hydrogens is 385 g/mol. The van der Waals surface area contributed by atoms with Crippen LogP contribution in [0.4, 0.5) is 0 Å². The van der Waals surface area contributed by atoms with Crippen molar-refractivity contribution in [2.24, 2.45) is 0 Å². The molecule has 0 aliphatic carbocycles. The minimum Gasteiger partial charge on any atom is -0.302 e. The van der Waals surface area contributed by atoms with E-state index in [1.54, 1.807) is 17.8 Å². The molecule has 24 heavy (non-hydrogen) atoms.